The number of nitrogens with zero attached hydrogens (tertiary/aromatic N) is 3. The molecule has 3 fully saturated rings. The minimum absolute atomic E-state index is 0.00208. The molecule has 5 rings (SSSR count). The minimum atomic E-state index is -3.86. The van der Waals surface area contributed by atoms with Crippen molar-refractivity contribution in [1.82, 2.24) is 14.4 Å². The van der Waals surface area contributed by atoms with Crippen molar-refractivity contribution in [2.24, 2.45) is 10.6 Å². The number of nitrogens with two attached hydrogens (primary N) is 1. The maximum atomic E-state index is 14.9. The summed E-state index contributed by atoms with van der Waals surface area (Å²) in [6, 6.07) is 5.12. The molecule has 1 saturated heterocycles. The van der Waals surface area contributed by atoms with Gasteiger partial charge in [0.15, 0.2) is 0 Å². The first kappa shape index (κ1) is 18.1. The van der Waals surface area contributed by atoms with E-state index in [0.717, 1.165) is 28.4 Å². The van der Waals surface area contributed by atoms with Gasteiger partial charge in [0.1, 0.15) is 6.26 Å². The van der Waals surface area contributed by atoms with E-state index in [4.69, 9.17) is 9.66 Å². The van der Waals surface area contributed by atoms with Crippen LogP contribution >= 0.6 is 0 Å². The number of hydrogen-bond donors (Lipinski definition) is 1. The molecule has 2 aliphatic carbocycles. The van der Waals surface area contributed by atoms with Gasteiger partial charge in [0.2, 0.25) is 0 Å². The van der Waals surface area contributed by atoms with E-state index in [9.17, 15) is 17.2 Å². The van der Waals surface area contributed by atoms with Crippen LogP contribution in [0.1, 0.15) is 48.9 Å². The molecule has 2 N–H and O–H groups in total. The zero-order valence-corrected chi connectivity index (χ0v) is 15.8. The van der Waals surface area contributed by atoms with Gasteiger partial charge in [-0.2, -0.15) is 12.7 Å². The molecular formula is C18H20F2N4O3S. The maximum absolute atomic E-state index is 14.9. The summed E-state index contributed by atoms with van der Waals surface area (Å²) in [5.41, 5.74) is 1.25. The third kappa shape index (κ3) is 2.61. The number of piperidine rings is 1. The molecule has 28 heavy (non-hydrogen) atoms. The van der Waals surface area contributed by atoms with E-state index in [1.165, 1.54) is 6.26 Å². The first-order valence-electron chi connectivity index (χ1n) is 9.31. The summed E-state index contributed by atoms with van der Waals surface area (Å²) < 4.78 is 58.9. The minimum Gasteiger partial charge on any atom is -0.364 e. The number of halogens is 2. The summed E-state index contributed by atoms with van der Waals surface area (Å²) in [5, 5.41) is 9.18. The lowest BCUT2D eigenvalue weighted by atomic mass is 9.90. The van der Waals surface area contributed by atoms with Crippen molar-refractivity contribution in [3.05, 3.63) is 35.9 Å². The summed E-state index contributed by atoms with van der Waals surface area (Å²) in [4.78, 5) is 4.52. The standard InChI is InChI=1S/C18H20F2N4O3S/c19-18(20)16(17(18)6-8-24(9-7-17)28(21,25)26)14-3-1-2-13(22-14)12-10-27-23-15(12)11-4-5-11/h1-3,10-11,16H,4-9H2,(H2,21,25,26). The van der Waals surface area contributed by atoms with Crippen molar-refractivity contribution in [3.8, 4) is 11.3 Å². The van der Waals surface area contributed by atoms with Crippen LogP contribution in [0.3, 0.4) is 0 Å². The highest BCUT2D eigenvalue weighted by atomic mass is 32.2. The molecule has 1 spiro atoms. The molecule has 150 valence electrons. The number of alkyl halides is 2. The first-order chi connectivity index (χ1) is 13.2. The zero-order valence-electron chi connectivity index (χ0n) is 15.0. The molecule has 2 aromatic rings. The first-order valence-corrected chi connectivity index (χ1v) is 10.8. The molecule has 1 unspecified atom stereocenters. The van der Waals surface area contributed by atoms with Crippen LogP contribution in [-0.4, -0.2) is 41.9 Å². The van der Waals surface area contributed by atoms with Gasteiger partial charge in [-0.25, -0.2) is 13.9 Å². The van der Waals surface area contributed by atoms with Crippen LogP contribution in [0.5, 0.6) is 0 Å². The smallest absolute Gasteiger partial charge is 0.276 e. The van der Waals surface area contributed by atoms with Gasteiger partial charge in [0.05, 0.1) is 34.0 Å². The fourth-order valence-corrected chi connectivity index (χ4v) is 5.28. The van der Waals surface area contributed by atoms with Gasteiger partial charge in [-0.15, -0.1) is 0 Å². The van der Waals surface area contributed by atoms with E-state index < -0.39 is 27.5 Å². The molecule has 3 heterocycles. The monoisotopic (exact) mass is 410 g/mol. The van der Waals surface area contributed by atoms with E-state index in [1.807, 2.05) is 0 Å². The average molecular weight is 410 g/mol. The van der Waals surface area contributed by atoms with Gasteiger partial charge in [0, 0.05) is 19.0 Å². The Labute approximate surface area is 161 Å². The Morgan fingerprint density at radius 1 is 1.21 bits per heavy atom. The van der Waals surface area contributed by atoms with Crippen LogP contribution in [0.2, 0.25) is 0 Å². The van der Waals surface area contributed by atoms with Crippen molar-refractivity contribution in [2.45, 2.75) is 43.4 Å². The number of rotatable bonds is 4. The molecule has 0 radical (unpaired) electrons. The molecule has 7 nitrogen and oxygen atoms in total. The molecule has 0 amide bonds. The summed E-state index contributed by atoms with van der Waals surface area (Å²) in [6.07, 6.45) is 3.74. The van der Waals surface area contributed by atoms with E-state index >= 15 is 0 Å². The third-order valence-electron chi connectivity index (χ3n) is 6.37. The Bertz CT molecular complexity index is 1030. The second kappa shape index (κ2) is 5.80. The van der Waals surface area contributed by atoms with Crippen molar-refractivity contribution in [3.63, 3.8) is 0 Å². The average Bonchev–Trinajstić information content (AvgIpc) is 3.49. The Morgan fingerprint density at radius 2 is 1.93 bits per heavy atom. The third-order valence-corrected chi connectivity index (χ3v) is 7.46. The van der Waals surface area contributed by atoms with Crippen LogP contribution in [-0.2, 0) is 10.2 Å². The van der Waals surface area contributed by atoms with Gasteiger partial charge >= 0.3 is 0 Å². The van der Waals surface area contributed by atoms with Crippen LogP contribution in [0.15, 0.2) is 29.0 Å². The Hall–Kier alpha value is -1.91. The highest BCUT2D eigenvalue weighted by Gasteiger charge is 2.81. The predicted octanol–water partition coefficient (Wildman–Crippen LogP) is 2.63. The SMILES string of the molecule is NS(=O)(=O)N1CCC2(CC1)C(c1cccc(-c3conc3C3CC3)n1)C2(F)F. The van der Waals surface area contributed by atoms with Gasteiger partial charge in [-0.1, -0.05) is 11.2 Å². The molecule has 1 aliphatic heterocycles. The molecule has 2 aromatic heterocycles. The molecule has 3 aliphatic rings. The molecule has 0 bridgehead atoms. The van der Waals surface area contributed by atoms with Gasteiger partial charge in [-0.3, -0.25) is 4.98 Å². The van der Waals surface area contributed by atoms with Crippen molar-refractivity contribution in [2.75, 3.05) is 13.1 Å². The summed E-state index contributed by atoms with van der Waals surface area (Å²) in [7, 11) is -3.86. The van der Waals surface area contributed by atoms with Crippen LogP contribution in [0.25, 0.3) is 11.3 Å². The van der Waals surface area contributed by atoms with Gasteiger partial charge in [0.25, 0.3) is 16.1 Å². The summed E-state index contributed by atoms with van der Waals surface area (Å²) >= 11 is 0. The lowest BCUT2D eigenvalue weighted by molar-refractivity contribution is 0.0412. The largest absolute Gasteiger partial charge is 0.364 e. The van der Waals surface area contributed by atoms with Crippen molar-refractivity contribution < 1.29 is 21.7 Å². The topological polar surface area (TPSA) is 102 Å². The van der Waals surface area contributed by atoms with Crippen LogP contribution in [0.4, 0.5) is 8.78 Å². The Kier molecular flexibility index (Phi) is 3.76. The zero-order chi connectivity index (χ0) is 19.7. The quantitative estimate of drug-likeness (QED) is 0.835. The Morgan fingerprint density at radius 3 is 2.57 bits per heavy atom. The summed E-state index contributed by atoms with van der Waals surface area (Å²) in [5.74, 6) is -3.58. The molecular weight excluding hydrogens is 390 g/mol. The number of pyridine rings is 1. The molecule has 2 saturated carbocycles. The Balaban J connectivity index is 1.43. The van der Waals surface area contributed by atoms with E-state index in [1.54, 1.807) is 18.2 Å². The van der Waals surface area contributed by atoms with Gasteiger partial charge < -0.3 is 4.52 Å². The highest BCUT2D eigenvalue weighted by Crippen LogP contribution is 2.75. The maximum Gasteiger partial charge on any atom is 0.276 e. The van der Waals surface area contributed by atoms with E-state index in [0.29, 0.717) is 17.3 Å². The number of aromatic nitrogens is 2. The van der Waals surface area contributed by atoms with Crippen LogP contribution in [0, 0.1) is 5.41 Å². The normalized spacial score (nSPS) is 26.5. The second-order valence-electron chi connectivity index (χ2n) is 7.99. The lowest BCUT2D eigenvalue weighted by Crippen LogP contribution is -2.43. The molecule has 1 atom stereocenters. The fourth-order valence-electron chi connectivity index (χ4n) is 4.59. The molecule has 0 aromatic carbocycles. The lowest BCUT2D eigenvalue weighted by Gasteiger charge is -2.30. The number of hydrogen-bond acceptors (Lipinski definition) is 5. The molecule has 10 heteroatoms. The predicted molar refractivity (Wildman–Crippen MR) is 95.7 cm³/mol. The van der Waals surface area contributed by atoms with Crippen molar-refractivity contribution in [1.29, 1.82) is 0 Å². The van der Waals surface area contributed by atoms with Crippen LogP contribution < -0.4 is 5.14 Å². The van der Waals surface area contributed by atoms with Gasteiger partial charge in [-0.05, 0) is 37.8 Å². The van der Waals surface area contributed by atoms with E-state index in [-0.39, 0.29) is 25.9 Å². The second-order valence-corrected chi connectivity index (χ2v) is 9.54. The highest BCUT2D eigenvalue weighted by molar-refractivity contribution is 7.86. The van der Waals surface area contributed by atoms with Crippen molar-refractivity contribution >= 4 is 10.2 Å². The van der Waals surface area contributed by atoms with E-state index in [2.05, 4.69) is 10.1 Å². The fraction of sp³-hybridized carbons (Fsp3) is 0.556. The summed E-state index contributed by atoms with van der Waals surface area (Å²) in [6.45, 7) is 0.00415.